The third kappa shape index (κ3) is 3.43. The molecule has 1 N–H and O–H groups in total. The number of carbonyl (C=O) groups is 1. The first-order chi connectivity index (χ1) is 13.3. The van der Waals surface area contributed by atoms with Crippen molar-refractivity contribution in [2.24, 2.45) is 13.0 Å². The molecule has 0 aliphatic heterocycles. The van der Waals surface area contributed by atoms with Crippen molar-refractivity contribution in [1.29, 1.82) is 0 Å². The number of fused-ring (bicyclic) bond motifs is 3. The van der Waals surface area contributed by atoms with E-state index in [1.54, 1.807) is 22.3 Å². The number of nitrogens with one attached hydrogen (secondary N) is 1. The van der Waals surface area contributed by atoms with Gasteiger partial charge in [0, 0.05) is 17.3 Å². The summed E-state index contributed by atoms with van der Waals surface area (Å²) in [7, 11) is 1.88. The summed E-state index contributed by atoms with van der Waals surface area (Å²) in [5.74, 6) is 0.689. The molecule has 0 spiro atoms. The maximum atomic E-state index is 12.8. The Balaban J connectivity index is 1.58. The second kappa shape index (κ2) is 7.48. The third-order valence-electron chi connectivity index (χ3n) is 5.47. The molecular formula is C20H25N5OS2. The van der Waals surface area contributed by atoms with Crippen molar-refractivity contribution >= 4 is 44.9 Å². The lowest BCUT2D eigenvalue weighted by molar-refractivity contribution is -0.115. The van der Waals surface area contributed by atoms with Gasteiger partial charge in [-0.25, -0.2) is 9.97 Å². The zero-order valence-corrected chi connectivity index (χ0v) is 18.5. The molecule has 3 aromatic rings. The van der Waals surface area contributed by atoms with E-state index in [2.05, 4.69) is 27.3 Å². The molecule has 3 heterocycles. The van der Waals surface area contributed by atoms with E-state index < -0.39 is 0 Å². The van der Waals surface area contributed by atoms with E-state index in [1.807, 2.05) is 27.8 Å². The minimum absolute atomic E-state index is 0.0336. The van der Waals surface area contributed by atoms with Gasteiger partial charge < -0.3 is 5.32 Å². The lowest BCUT2D eigenvalue weighted by Gasteiger charge is -2.18. The molecule has 0 bridgehead atoms. The molecule has 0 aromatic carbocycles. The van der Waals surface area contributed by atoms with Crippen molar-refractivity contribution in [1.82, 2.24) is 19.7 Å². The third-order valence-corrected chi connectivity index (χ3v) is 7.73. The van der Waals surface area contributed by atoms with Crippen LogP contribution in [0.2, 0.25) is 0 Å². The summed E-state index contributed by atoms with van der Waals surface area (Å²) in [6.07, 6.45) is 5.02. The number of amides is 1. The van der Waals surface area contributed by atoms with E-state index in [-0.39, 0.29) is 11.2 Å². The van der Waals surface area contributed by atoms with Gasteiger partial charge in [0.1, 0.15) is 16.2 Å². The average Bonchev–Trinajstić information content (AvgIpc) is 3.13. The maximum Gasteiger partial charge on any atom is 0.237 e. The summed E-state index contributed by atoms with van der Waals surface area (Å²) >= 11 is 3.30. The first-order valence-electron chi connectivity index (χ1n) is 9.58. The fourth-order valence-corrected chi connectivity index (χ4v) is 6.10. The molecule has 4 rings (SSSR count). The van der Waals surface area contributed by atoms with E-state index in [1.165, 1.54) is 28.6 Å². The van der Waals surface area contributed by atoms with Crippen molar-refractivity contribution in [3.63, 3.8) is 0 Å². The Hall–Kier alpha value is -1.93. The van der Waals surface area contributed by atoms with Crippen LogP contribution in [-0.4, -0.2) is 30.9 Å². The summed E-state index contributed by atoms with van der Waals surface area (Å²) in [4.78, 5) is 24.3. The highest BCUT2D eigenvalue weighted by Gasteiger charge is 2.25. The standard InChI is InChI=1S/C20H25N5OS2/c1-10-6-7-14-15(8-10)28-20-16(14)19(21-9-22-20)27-13(4)18(26)23-17-11(2)24-25(5)12(17)3/h9-10,13H,6-8H2,1-5H3,(H,23,26)/t10-,13-/m1/s1. The van der Waals surface area contributed by atoms with Gasteiger partial charge >= 0.3 is 0 Å². The number of anilines is 1. The highest BCUT2D eigenvalue weighted by Crippen LogP contribution is 2.41. The second-order valence-electron chi connectivity index (χ2n) is 7.63. The number of hydrogen-bond donors (Lipinski definition) is 1. The van der Waals surface area contributed by atoms with Crippen LogP contribution in [0.3, 0.4) is 0 Å². The average molecular weight is 416 g/mol. The first kappa shape index (κ1) is 19.4. The number of thioether (sulfide) groups is 1. The number of hydrogen-bond acceptors (Lipinski definition) is 6. The molecule has 2 atom stereocenters. The molecule has 3 aromatic heterocycles. The fourth-order valence-electron chi connectivity index (χ4n) is 3.74. The molecule has 6 nitrogen and oxygen atoms in total. The Labute approximate surface area is 173 Å². The molecule has 0 saturated heterocycles. The zero-order chi connectivity index (χ0) is 20.0. The van der Waals surface area contributed by atoms with Gasteiger partial charge in [0.2, 0.25) is 5.91 Å². The van der Waals surface area contributed by atoms with Crippen molar-refractivity contribution in [2.45, 2.75) is 57.2 Å². The Bertz CT molecular complexity index is 1050. The molecule has 8 heteroatoms. The van der Waals surface area contributed by atoms with Gasteiger partial charge in [-0.2, -0.15) is 5.10 Å². The number of thiophene rings is 1. The quantitative estimate of drug-likeness (QED) is 0.508. The van der Waals surface area contributed by atoms with Gasteiger partial charge in [0.25, 0.3) is 0 Å². The molecule has 1 aliphatic rings. The Morgan fingerprint density at radius 3 is 2.89 bits per heavy atom. The highest BCUT2D eigenvalue weighted by atomic mass is 32.2. The minimum Gasteiger partial charge on any atom is -0.322 e. The van der Waals surface area contributed by atoms with Crippen molar-refractivity contribution in [3.05, 3.63) is 28.2 Å². The Morgan fingerprint density at radius 2 is 2.18 bits per heavy atom. The Kier molecular flexibility index (Phi) is 5.18. The van der Waals surface area contributed by atoms with Crippen LogP contribution in [0.5, 0.6) is 0 Å². The van der Waals surface area contributed by atoms with Crippen molar-refractivity contribution in [2.75, 3.05) is 5.32 Å². The van der Waals surface area contributed by atoms with Gasteiger partial charge in [0.05, 0.1) is 22.3 Å². The van der Waals surface area contributed by atoms with Crippen LogP contribution >= 0.6 is 23.1 Å². The Morgan fingerprint density at radius 1 is 1.39 bits per heavy atom. The van der Waals surface area contributed by atoms with Gasteiger partial charge in [-0.15, -0.1) is 11.3 Å². The molecule has 28 heavy (non-hydrogen) atoms. The van der Waals surface area contributed by atoms with Gasteiger partial charge in [0.15, 0.2) is 0 Å². The molecule has 1 amide bonds. The fraction of sp³-hybridized carbons (Fsp3) is 0.500. The largest absolute Gasteiger partial charge is 0.322 e. The van der Waals surface area contributed by atoms with Crippen LogP contribution in [0.25, 0.3) is 10.2 Å². The summed E-state index contributed by atoms with van der Waals surface area (Å²) in [6.45, 7) is 8.10. The summed E-state index contributed by atoms with van der Waals surface area (Å²) in [5, 5.41) is 9.22. The second-order valence-corrected chi connectivity index (χ2v) is 10.0. The molecule has 1 aliphatic carbocycles. The first-order valence-corrected chi connectivity index (χ1v) is 11.3. The molecule has 148 valence electrons. The predicted molar refractivity (Wildman–Crippen MR) is 115 cm³/mol. The lowest BCUT2D eigenvalue weighted by Crippen LogP contribution is -2.23. The van der Waals surface area contributed by atoms with E-state index in [9.17, 15) is 4.79 Å². The number of aryl methyl sites for hydroxylation is 3. The van der Waals surface area contributed by atoms with Crippen LogP contribution in [0.1, 0.15) is 42.1 Å². The summed E-state index contributed by atoms with van der Waals surface area (Å²) in [6, 6.07) is 0. The smallest absolute Gasteiger partial charge is 0.237 e. The van der Waals surface area contributed by atoms with Crippen molar-refractivity contribution in [3.8, 4) is 0 Å². The minimum atomic E-state index is -0.268. The maximum absolute atomic E-state index is 12.8. The number of aromatic nitrogens is 4. The van der Waals surface area contributed by atoms with Crippen LogP contribution in [0.4, 0.5) is 5.69 Å². The van der Waals surface area contributed by atoms with Crippen molar-refractivity contribution < 1.29 is 4.79 Å². The predicted octanol–water partition coefficient (Wildman–Crippen LogP) is 4.29. The van der Waals surface area contributed by atoms with Gasteiger partial charge in [-0.1, -0.05) is 18.7 Å². The van der Waals surface area contributed by atoms with Gasteiger partial charge in [-0.3, -0.25) is 9.48 Å². The molecule has 0 fully saturated rings. The number of rotatable bonds is 4. The summed E-state index contributed by atoms with van der Waals surface area (Å²) in [5.41, 5.74) is 3.98. The van der Waals surface area contributed by atoms with E-state index >= 15 is 0 Å². The SMILES string of the molecule is Cc1nn(C)c(C)c1NC(=O)[C@@H](C)Sc1ncnc2sc3c(c12)CC[C@@H](C)C3. The molecular weight excluding hydrogens is 390 g/mol. The molecule has 0 radical (unpaired) electrons. The van der Waals surface area contributed by atoms with Crippen LogP contribution in [0, 0.1) is 19.8 Å². The monoisotopic (exact) mass is 415 g/mol. The lowest BCUT2D eigenvalue weighted by atomic mass is 9.89. The molecule has 0 unspecified atom stereocenters. The van der Waals surface area contributed by atoms with Gasteiger partial charge in [-0.05, 0) is 51.5 Å². The van der Waals surface area contributed by atoms with Crippen LogP contribution in [0.15, 0.2) is 11.4 Å². The van der Waals surface area contributed by atoms with E-state index in [0.29, 0.717) is 0 Å². The number of nitrogens with zero attached hydrogens (tertiary/aromatic N) is 4. The van der Waals surface area contributed by atoms with E-state index in [0.717, 1.165) is 51.1 Å². The zero-order valence-electron chi connectivity index (χ0n) is 16.9. The van der Waals surface area contributed by atoms with Crippen LogP contribution < -0.4 is 5.32 Å². The summed E-state index contributed by atoms with van der Waals surface area (Å²) < 4.78 is 1.79. The highest BCUT2D eigenvalue weighted by molar-refractivity contribution is 8.00. The van der Waals surface area contributed by atoms with Crippen LogP contribution in [-0.2, 0) is 24.7 Å². The normalized spacial score (nSPS) is 17.5. The topological polar surface area (TPSA) is 72.7 Å². The van der Waals surface area contributed by atoms with E-state index in [4.69, 9.17) is 0 Å². The number of carbonyl (C=O) groups excluding carboxylic acids is 1. The molecule has 0 saturated carbocycles.